The molecular weight excluding hydrogens is 375 g/mol. The Bertz CT molecular complexity index is 1050. The summed E-state index contributed by atoms with van der Waals surface area (Å²) in [5.74, 6) is -0.915. The summed E-state index contributed by atoms with van der Waals surface area (Å²) in [5.41, 5.74) is 3.58. The van der Waals surface area contributed by atoms with Gasteiger partial charge in [0.1, 0.15) is 18.1 Å². The first-order chi connectivity index (χ1) is 14.0. The minimum Gasteiger partial charge on any atom is -0.324 e. The third kappa shape index (κ3) is 4.18. The molecule has 0 saturated carbocycles. The number of aryl methyl sites for hydroxylation is 2. The van der Waals surface area contributed by atoms with Crippen molar-refractivity contribution in [3.05, 3.63) is 59.4 Å². The monoisotopic (exact) mass is 396 g/mol. The highest BCUT2D eigenvalue weighted by molar-refractivity contribution is 6.04. The molecule has 2 amide bonds. The lowest BCUT2D eigenvalue weighted by molar-refractivity contribution is -0.116. The van der Waals surface area contributed by atoms with Crippen LogP contribution in [-0.2, 0) is 31.2 Å². The molecule has 150 valence electrons. The molecule has 0 unspecified atom stereocenters. The van der Waals surface area contributed by atoms with Gasteiger partial charge in [-0.1, -0.05) is 0 Å². The average Bonchev–Trinajstić information content (AvgIpc) is 3.26. The van der Waals surface area contributed by atoms with E-state index in [1.165, 1.54) is 35.1 Å². The van der Waals surface area contributed by atoms with Gasteiger partial charge < -0.3 is 10.6 Å². The van der Waals surface area contributed by atoms with Gasteiger partial charge in [0, 0.05) is 24.5 Å². The topological polar surface area (TPSA) is 93.8 Å². The van der Waals surface area contributed by atoms with Gasteiger partial charge in [0.25, 0.3) is 5.91 Å². The first-order valence-corrected chi connectivity index (χ1v) is 9.43. The zero-order valence-corrected chi connectivity index (χ0v) is 16.0. The second kappa shape index (κ2) is 7.86. The number of hydrogen-bond donors (Lipinski definition) is 2. The molecule has 0 saturated heterocycles. The summed E-state index contributed by atoms with van der Waals surface area (Å²) in [6, 6.07) is 5.51. The normalized spacial score (nSPS) is 13.0. The Labute approximate surface area is 166 Å². The zero-order chi connectivity index (χ0) is 20.4. The van der Waals surface area contributed by atoms with E-state index >= 15 is 0 Å². The first-order valence-electron chi connectivity index (χ1n) is 9.43. The van der Waals surface area contributed by atoms with E-state index in [1.807, 2.05) is 0 Å². The van der Waals surface area contributed by atoms with Crippen molar-refractivity contribution in [3.8, 4) is 0 Å². The van der Waals surface area contributed by atoms with Crippen LogP contribution in [0.25, 0.3) is 0 Å². The lowest BCUT2D eigenvalue weighted by Gasteiger charge is -2.11. The lowest BCUT2D eigenvalue weighted by atomic mass is 9.95. The Kier molecular flexibility index (Phi) is 5.11. The number of rotatable bonds is 5. The van der Waals surface area contributed by atoms with Gasteiger partial charge in [-0.2, -0.15) is 10.2 Å². The molecule has 0 fully saturated rings. The molecule has 1 aromatic carbocycles. The molecule has 0 aliphatic heterocycles. The van der Waals surface area contributed by atoms with Crippen LogP contribution in [0.15, 0.2) is 36.7 Å². The summed E-state index contributed by atoms with van der Waals surface area (Å²) in [6.45, 7) is -0.0334. The quantitative estimate of drug-likeness (QED) is 0.693. The predicted octanol–water partition coefficient (Wildman–Crippen LogP) is 2.53. The van der Waals surface area contributed by atoms with E-state index in [4.69, 9.17) is 0 Å². The maximum Gasteiger partial charge on any atom is 0.274 e. The number of carbonyl (C=O) groups excluding carboxylic acids is 2. The number of nitrogens with one attached hydrogen (secondary N) is 2. The first kappa shape index (κ1) is 18.9. The van der Waals surface area contributed by atoms with Gasteiger partial charge in [-0.05, 0) is 49.9 Å². The third-order valence-corrected chi connectivity index (χ3v) is 4.86. The molecule has 9 heteroatoms. The molecule has 0 spiro atoms. The van der Waals surface area contributed by atoms with Crippen LogP contribution in [0.5, 0.6) is 0 Å². The predicted molar refractivity (Wildman–Crippen MR) is 105 cm³/mol. The molecule has 3 aromatic rings. The zero-order valence-electron chi connectivity index (χ0n) is 16.0. The summed E-state index contributed by atoms with van der Waals surface area (Å²) in [7, 11) is 1.77. The maximum absolute atomic E-state index is 12.9. The number of anilines is 2. The molecule has 0 bridgehead atoms. The molecule has 1 aliphatic carbocycles. The molecule has 2 aromatic heterocycles. The Hall–Kier alpha value is -3.49. The van der Waals surface area contributed by atoms with Gasteiger partial charge in [0.05, 0.1) is 17.6 Å². The molecular formula is C20H21FN6O2. The van der Waals surface area contributed by atoms with E-state index in [9.17, 15) is 14.0 Å². The smallest absolute Gasteiger partial charge is 0.274 e. The van der Waals surface area contributed by atoms with Gasteiger partial charge in [0.15, 0.2) is 0 Å². The maximum atomic E-state index is 12.9. The number of fused-ring (bicyclic) bond motifs is 1. The number of halogens is 1. The average molecular weight is 396 g/mol. The summed E-state index contributed by atoms with van der Waals surface area (Å²) < 4.78 is 16.0. The Morgan fingerprint density at radius 2 is 1.86 bits per heavy atom. The Morgan fingerprint density at radius 3 is 2.66 bits per heavy atom. The van der Waals surface area contributed by atoms with Gasteiger partial charge in [0.2, 0.25) is 5.91 Å². The second-order valence-electron chi connectivity index (χ2n) is 7.04. The molecule has 4 rings (SSSR count). The number of amides is 2. The van der Waals surface area contributed by atoms with Crippen molar-refractivity contribution in [3.63, 3.8) is 0 Å². The highest BCUT2D eigenvalue weighted by Gasteiger charge is 2.24. The minimum atomic E-state index is -0.370. The summed E-state index contributed by atoms with van der Waals surface area (Å²) in [4.78, 5) is 24.9. The van der Waals surface area contributed by atoms with Crippen LogP contribution < -0.4 is 10.6 Å². The van der Waals surface area contributed by atoms with Crippen LogP contribution in [-0.4, -0.2) is 31.4 Å². The molecule has 2 N–H and O–H groups in total. The SMILES string of the molecule is Cn1nc2c(c1C(=O)Nc1cnn(CC(=O)Nc3ccc(F)cc3)c1)CCCC2. The fraction of sp³-hybridized carbons (Fsp3) is 0.300. The van der Waals surface area contributed by atoms with Crippen molar-refractivity contribution in [2.24, 2.45) is 7.05 Å². The van der Waals surface area contributed by atoms with Gasteiger partial charge in [-0.15, -0.1) is 0 Å². The number of hydrogen-bond acceptors (Lipinski definition) is 4. The molecule has 29 heavy (non-hydrogen) atoms. The lowest BCUT2D eigenvalue weighted by Crippen LogP contribution is -2.19. The highest BCUT2D eigenvalue weighted by Crippen LogP contribution is 2.24. The molecule has 1 aliphatic rings. The van der Waals surface area contributed by atoms with Crippen molar-refractivity contribution in [1.82, 2.24) is 19.6 Å². The van der Waals surface area contributed by atoms with Crippen LogP contribution in [0, 0.1) is 5.82 Å². The Balaban J connectivity index is 1.39. The van der Waals surface area contributed by atoms with Crippen molar-refractivity contribution in [1.29, 1.82) is 0 Å². The van der Waals surface area contributed by atoms with Gasteiger partial charge in [-0.25, -0.2) is 4.39 Å². The van der Waals surface area contributed by atoms with Crippen LogP contribution >= 0.6 is 0 Å². The summed E-state index contributed by atoms with van der Waals surface area (Å²) >= 11 is 0. The Morgan fingerprint density at radius 1 is 1.10 bits per heavy atom. The van der Waals surface area contributed by atoms with Crippen LogP contribution in [0.3, 0.4) is 0 Å². The minimum absolute atomic E-state index is 0.0334. The van der Waals surface area contributed by atoms with Crippen molar-refractivity contribution < 1.29 is 14.0 Å². The molecule has 8 nitrogen and oxygen atoms in total. The van der Waals surface area contributed by atoms with E-state index in [2.05, 4.69) is 20.8 Å². The van der Waals surface area contributed by atoms with E-state index in [0.717, 1.165) is 36.9 Å². The van der Waals surface area contributed by atoms with Crippen molar-refractivity contribution in [2.75, 3.05) is 10.6 Å². The number of aromatic nitrogens is 4. The molecule has 0 radical (unpaired) electrons. The van der Waals surface area contributed by atoms with Crippen molar-refractivity contribution in [2.45, 2.75) is 32.2 Å². The number of carbonyl (C=O) groups is 2. The standard InChI is InChI=1S/C20H21FN6O2/c1-26-19(16-4-2-3-5-17(16)25-26)20(29)24-15-10-22-27(11-15)12-18(28)23-14-8-6-13(21)7-9-14/h6-11H,2-5,12H2,1H3,(H,23,28)(H,24,29). The van der Waals surface area contributed by atoms with E-state index in [-0.39, 0.29) is 24.2 Å². The number of nitrogens with zero attached hydrogens (tertiary/aromatic N) is 4. The number of benzene rings is 1. The van der Waals surface area contributed by atoms with Crippen LogP contribution in [0.4, 0.5) is 15.8 Å². The van der Waals surface area contributed by atoms with Crippen LogP contribution in [0.1, 0.15) is 34.6 Å². The fourth-order valence-electron chi connectivity index (χ4n) is 3.55. The largest absolute Gasteiger partial charge is 0.324 e. The second-order valence-corrected chi connectivity index (χ2v) is 7.04. The van der Waals surface area contributed by atoms with E-state index < -0.39 is 0 Å². The van der Waals surface area contributed by atoms with Gasteiger partial charge in [-0.3, -0.25) is 19.0 Å². The van der Waals surface area contributed by atoms with Crippen molar-refractivity contribution >= 4 is 23.2 Å². The fourth-order valence-corrected chi connectivity index (χ4v) is 3.55. The summed E-state index contributed by atoms with van der Waals surface area (Å²) in [6.07, 6.45) is 6.99. The third-order valence-electron chi connectivity index (χ3n) is 4.86. The van der Waals surface area contributed by atoms with E-state index in [1.54, 1.807) is 17.9 Å². The molecule has 2 heterocycles. The highest BCUT2D eigenvalue weighted by atomic mass is 19.1. The summed E-state index contributed by atoms with van der Waals surface area (Å²) in [5, 5.41) is 14.1. The van der Waals surface area contributed by atoms with Gasteiger partial charge >= 0.3 is 0 Å². The van der Waals surface area contributed by atoms with Crippen LogP contribution in [0.2, 0.25) is 0 Å². The van der Waals surface area contributed by atoms with E-state index in [0.29, 0.717) is 17.1 Å². The molecule has 0 atom stereocenters.